The molecule has 0 radical (unpaired) electrons. The van der Waals surface area contributed by atoms with Crippen molar-refractivity contribution in [2.45, 2.75) is 12.8 Å². The second-order valence-electron chi connectivity index (χ2n) is 5.01. The number of allylic oxidation sites excluding steroid dienone is 1. The number of hydrogen-bond acceptors (Lipinski definition) is 4. The number of aromatic amines is 1. The third-order valence-electron chi connectivity index (χ3n) is 3.57. The monoisotopic (exact) mass is 357 g/mol. The van der Waals surface area contributed by atoms with Gasteiger partial charge >= 0.3 is 0 Å². The number of fused-ring (bicyclic) bond motifs is 1. The number of rotatable bonds is 1. The first-order valence-corrected chi connectivity index (χ1v) is 7.38. The van der Waals surface area contributed by atoms with Crippen LogP contribution in [0.3, 0.4) is 0 Å². The van der Waals surface area contributed by atoms with Gasteiger partial charge in [0.1, 0.15) is 17.4 Å². The van der Waals surface area contributed by atoms with Crippen molar-refractivity contribution in [3.05, 3.63) is 73.4 Å². The molecule has 1 aromatic carbocycles. The lowest BCUT2D eigenvalue weighted by Crippen LogP contribution is -2.28. The molecule has 22 heavy (non-hydrogen) atoms. The van der Waals surface area contributed by atoms with Crippen LogP contribution >= 0.6 is 15.9 Å². The topological polar surface area (TPSA) is 91.9 Å². The van der Waals surface area contributed by atoms with Crippen molar-refractivity contribution >= 4 is 15.9 Å². The molecular weight excluding hydrogens is 346 g/mol. The van der Waals surface area contributed by atoms with Crippen molar-refractivity contribution in [1.82, 2.24) is 4.98 Å². The van der Waals surface area contributed by atoms with Gasteiger partial charge in [0.2, 0.25) is 5.88 Å². The van der Waals surface area contributed by atoms with E-state index in [2.05, 4.69) is 27.0 Å². The van der Waals surface area contributed by atoms with Crippen LogP contribution in [0.25, 0.3) is 0 Å². The van der Waals surface area contributed by atoms with Crippen LogP contribution in [0.4, 0.5) is 0 Å². The van der Waals surface area contributed by atoms with Crippen molar-refractivity contribution in [3.8, 4) is 11.8 Å². The van der Waals surface area contributed by atoms with Crippen LogP contribution < -0.4 is 16.0 Å². The van der Waals surface area contributed by atoms with Crippen LogP contribution in [-0.4, -0.2) is 4.98 Å². The van der Waals surface area contributed by atoms with E-state index in [0.29, 0.717) is 17.0 Å². The zero-order chi connectivity index (χ0) is 15.9. The zero-order valence-electron chi connectivity index (χ0n) is 11.7. The molecule has 0 spiro atoms. The molecule has 0 fully saturated rings. The number of H-pyrrole nitrogens is 1. The average molecular weight is 358 g/mol. The number of halogens is 1. The van der Waals surface area contributed by atoms with Gasteiger partial charge in [0.05, 0.1) is 11.5 Å². The molecule has 110 valence electrons. The fraction of sp³-hybridized carbons (Fsp3) is 0.125. The number of hydrogen-bond donors (Lipinski definition) is 2. The Bertz CT molecular complexity index is 893. The van der Waals surface area contributed by atoms with Crippen LogP contribution in [0.2, 0.25) is 0 Å². The lowest BCUT2D eigenvalue weighted by molar-refractivity contribution is 0.391. The fourth-order valence-electron chi connectivity index (χ4n) is 2.63. The highest BCUT2D eigenvalue weighted by Crippen LogP contribution is 2.42. The number of nitrogens with zero attached hydrogens (tertiary/aromatic N) is 1. The van der Waals surface area contributed by atoms with Gasteiger partial charge in [0.25, 0.3) is 5.56 Å². The molecule has 0 saturated heterocycles. The smallest absolute Gasteiger partial charge is 0.256 e. The summed E-state index contributed by atoms with van der Waals surface area (Å²) in [5.41, 5.74) is 7.69. The number of ether oxygens (including phenoxy) is 1. The number of benzene rings is 1. The van der Waals surface area contributed by atoms with E-state index in [1.165, 1.54) is 0 Å². The van der Waals surface area contributed by atoms with Crippen molar-refractivity contribution in [1.29, 1.82) is 5.26 Å². The summed E-state index contributed by atoms with van der Waals surface area (Å²) in [4.78, 5) is 15.2. The summed E-state index contributed by atoms with van der Waals surface area (Å²) in [5.74, 6) is -0.145. The number of aryl methyl sites for hydroxylation is 1. The Labute approximate surface area is 135 Å². The summed E-state index contributed by atoms with van der Waals surface area (Å²) in [7, 11) is 0. The van der Waals surface area contributed by atoms with Crippen molar-refractivity contribution in [2.24, 2.45) is 5.73 Å². The molecule has 0 amide bonds. The lowest BCUT2D eigenvalue weighted by atomic mass is 9.84. The first-order valence-electron chi connectivity index (χ1n) is 6.58. The van der Waals surface area contributed by atoms with E-state index >= 15 is 0 Å². The zero-order valence-corrected chi connectivity index (χ0v) is 13.3. The second kappa shape index (κ2) is 5.35. The van der Waals surface area contributed by atoms with E-state index in [4.69, 9.17) is 10.5 Å². The molecule has 3 N–H and O–H groups in total. The maximum atomic E-state index is 12.4. The van der Waals surface area contributed by atoms with E-state index < -0.39 is 5.92 Å². The Balaban J connectivity index is 2.35. The number of nitriles is 1. The molecule has 0 aliphatic carbocycles. The molecule has 1 unspecified atom stereocenters. The summed E-state index contributed by atoms with van der Waals surface area (Å²) in [6.07, 6.45) is 0. The van der Waals surface area contributed by atoms with Gasteiger partial charge in [-0.1, -0.05) is 34.1 Å². The van der Waals surface area contributed by atoms with Crippen molar-refractivity contribution in [2.75, 3.05) is 0 Å². The highest BCUT2D eigenvalue weighted by atomic mass is 79.9. The summed E-state index contributed by atoms with van der Waals surface area (Å²) in [6, 6.07) is 11.2. The van der Waals surface area contributed by atoms with Crippen molar-refractivity contribution < 1.29 is 4.74 Å². The molecule has 1 atom stereocenters. The van der Waals surface area contributed by atoms with Gasteiger partial charge in [-0.2, -0.15) is 5.26 Å². The summed E-state index contributed by atoms with van der Waals surface area (Å²) >= 11 is 3.47. The van der Waals surface area contributed by atoms with Crippen molar-refractivity contribution in [3.63, 3.8) is 0 Å². The SMILES string of the molecule is Cc1cc2c(c(=O)[nH]1)C(c1ccccc1Br)C(C#N)=C(N)O2. The van der Waals surface area contributed by atoms with Crippen LogP contribution in [0.15, 0.2) is 51.1 Å². The van der Waals surface area contributed by atoms with E-state index in [-0.39, 0.29) is 17.0 Å². The summed E-state index contributed by atoms with van der Waals surface area (Å²) in [5, 5.41) is 9.46. The van der Waals surface area contributed by atoms with E-state index in [1.54, 1.807) is 13.0 Å². The molecule has 2 heterocycles. The number of pyridine rings is 1. The molecular formula is C16H12BrN3O2. The lowest BCUT2D eigenvalue weighted by Gasteiger charge is -2.26. The minimum atomic E-state index is -0.561. The third-order valence-corrected chi connectivity index (χ3v) is 4.29. The van der Waals surface area contributed by atoms with Crippen LogP contribution in [0, 0.1) is 18.3 Å². The van der Waals surface area contributed by atoms with Gasteiger partial charge < -0.3 is 15.5 Å². The number of nitrogens with two attached hydrogens (primary N) is 1. The second-order valence-corrected chi connectivity index (χ2v) is 5.86. The predicted molar refractivity (Wildman–Crippen MR) is 85.2 cm³/mol. The Morgan fingerprint density at radius 2 is 2.14 bits per heavy atom. The molecule has 1 aliphatic heterocycles. The number of nitrogens with one attached hydrogen (secondary N) is 1. The molecule has 6 heteroatoms. The standard InChI is InChI=1S/C16H12BrN3O2/c1-8-6-12-14(16(21)20-8)13(10(7-18)15(19)22-12)9-4-2-3-5-11(9)17/h2-6,13H,19H2,1H3,(H,20,21). The predicted octanol–water partition coefficient (Wildman–Crippen LogP) is 2.66. The molecule has 0 saturated carbocycles. The highest BCUT2D eigenvalue weighted by molar-refractivity contribution is 9.10. The van der Waals surface area contributed by atoms with Gasteiger partial charge in [-0.15, -0.1) is 0 Å². The first-order chi connectivity index (χ1) is 10.5. The summed E-state index contributed by atoms with van der Waals surface area (Å²) in [6.45, 7) is 1.76. The Morgan fingerprint density at radius 1 is 1.41 bits per heavy atom. The van der Waals surface area contributed by atoms with E-state index in [1.807, 2.05) is 24.3 Å². The first kappa shape index (κ1) is 14.4. The molecule has 3 rings (SSSR count). The van der Waals surface area contributed by atoms with Crippen LogP contribution in [-0.2, 0) is 0 Å². The molecule has 5 nitrogen and oxygen atoms in total. The fourth-order valence-corrected chi connectivity index (χ4v) is 3.14. The minimum Gasteiger partial charge on any atom is -0.440 e. The van der Waals surface area contributed by atoms with Gasteiger partial charge in [-0.05, 0) is 18.6 Å². The molecule has 2 aromatic rings. The Hall–Kier alpha value is -2.52. The summed E-state index contributed by atoms with van der Waals surface area (Å²) < 4.78 is 6.29. The maximum Gasteiger partial charge on any atom is 0.256 e. The largest absolute Gasteiger partial charge is 0.440 e. The van der Waals surface area contributed by atoms with Crippen LogP contribution in [0.1, 0.15) is 22.7 Å². The molecule has 1 aromatic heterocycles. The van der Waals surface area contributed by atoms with Gasteiger partial charge in [0.15, 0.2) is 0 Å². The Kier molecular flexibility index (Phi) is 3.51. The third kappa shape index (κ3) is 2.20. The average Bonchev–Trinajstić information content (AvgIpc) is 2.46. The minimum absolute atomic E-state index is 0.0285. The van der Waals surface area contributed by atoms with Gasteiger partial charge in [0, 0.05) is 16.2 Å². The molecule has 1 aliphatic rings. The Morgan fingerprint density at radius 3 is 2.82 bits per heavy atom. The number of aromatic nitrogens is 1. The molecule has 0 bridgehead atoms. The van der Waals surface area contributed by atoms with E-state index in [0.717, 1.165) is 10.0 Å². The quantitative estimate of drug-likeness (QED) is 0.820. The maximum absolute atomic E-state index is 12.4. The van der Waals surface area contributed by atoms with Crippen LogP contribution in [0.5, 0.6) is 5.75 Å². The highest BCUT2D eigenvalue weighted by Gasteiger charge is 2.34. The van der Waals surface area contributed by atoms with E-state index in [9.17, 15) is 10.1 Å². The normalized spacial score (nSPS) is 16.7. The van der Waals surface area contributed by atoms with Gasteiger partial charge in [-0.25, -0.2) is 0 Å². The van der Waals surface area contributed by atoms with Gasteiger partial charge in [-0.3, -0.25) is 4.79 Å².